The second kappa shape index (κ2) is 11.1. The average Bonchev–Trinajstić information content (AvgIpc) is 3.34. The van der Waals surface area contributed by atoms with E-state index in [0.29, 0.717) is 0 Å². The van der Waals surface area contributed by atoms with Crippen LogP contribution in [0.4, 0.5) is 11.4 Å². The van der Waals surface area contributed by atoms with Crippen LogP contribution in [0.3, 0.4) is 0 Å². The van der Waals surface area contributed by atoms with Crippen molar-refractivity contribution in [2.24, 2.45) is 0 Å². The third-order valence-corrected chi connectivity index (χ3v) is 5.16. The van der Waals surface area contributed by atoms with Gasteiger partial charge in [0.1, 0.15) is 0 Å². The number of hydrogen-bond acceptors (Lipinski definition) is 7. The van der Waals surface area contributed by atoms with Crippen molar-refractivity contribution in [1.82, 2.24) is 0 Å². The first-order chi connectivity index (χ1) is 16.2. The number of amides is 2. The third kappa shape index (κ3) is 5.93. The van der Waals surface area contributed by atoms with Crippen molar-refractivity contribution < 1.29 is 33.0 Å². The van der Waals surface area contributed by atoms with Crippen LogP contribution in [0.5, 0.6) is 11.5 Å². The summed E-state index contributed by atoms with van der Waals surface area (Å²) in [7, 11) is 2.77. The van der Waals surface area contributed by atoms with Crippen LogP contribution in [0.15, 0.2) is 47.1 Å². The van der Waals surface area contributed by atoms with Gasteiger partial charge in [-0.05, 0) is 24.3 Å². The van der Waals surface area contributed by atoms with Gasteiger partial charge in [-0.1, -0.05) is 34.8 Å². The average molecular weight is 528 g/mol. The molecule has 9 nitrogen and oxygen atoms in total. The molecule has 1 heterocycles. The first-order valence-electron chi connectivity index (χ1n) is 9.45. The van der Waals surface area contributed by atoms with E-state index in [2.05, 4.69) is 10.6 Å². The molecule has 0 unspecified atom stereocenters. The topological polar surface area (TPSA) is 116 Å². The Hall–Kier alpha value is -3.40. The summed E-state index contributed by atoms with van der Waals surface area (Å²) < 4.78 is 20.6. The van der Waals surface area contributed by atoms with Crippen molar-refractivity contribution >= 4 is 64.0 Å². The van der Waals surface area contributed by atoms with Gasteiger partial charge in [0.05, 0.1) is 47.5 Å². The highest BCUT2D eigenvalue weighted by Crippen LogP contribution is 2.35. The molecule has 2 aromatic carbocycles. The number of methoxy groups -OCH3 is 2. The quantitative estimate of drug-likeness (QED) is 0.382. The van der Waals surface area contributed by atoms with Crippen LogP contribution in [-0.2, 0) is 9.53 Å². The van der Waals surface area contributed by atoms with Gasteiger partial charge in [0.2, 0.25) is 0 Å². The minimum absolute atomic E-state index is 0.0187. The van der Waals surface area contributed by atoms with Crippen LogP contribution in [-0.4, -0.2) is 38.6 Å². The standard InChI is InChI=1S/C22H17Cl3N2O7/c1-31-17-8-12(15(9-18(17)32-2)26-21(29)16-4-3-5-33-16)22(30)34-10-19(28)27-20-13(24)6-11(23)7-14(20)25/h3-9H,10H2,1-2H3,(H,26,29)(H,27,28). The maximum absolute atomic E-state index is 12.8. The highest BCUT2D eigenvalue weighted by Gasteiger charge is 2.22. The molecule has 0 aliphatic heterocycles. The molecule has 2 amide bonds. The van der Waals surface area contributed by atoms with Gasteiger partial charge in [-0.15, -0.1) is 0 Å². The number of rotatable bonds is 8. The van der Waals surface area contributed by atoms with Gasteiger partial charge in [0.15, 0.2) is 23.9 Å². The number of carbonyl (C=O) groups excluding carboxylic acids is 3. The number of ether oxygens (including phenoxy) is 3. The van der Waals surface area contributed by atoms with E-state index >= 15 is 0 Å². The molecule has 1 aromatic heterocycles. The van der Waals surface area contributed by atoms with Crippen LogP contribution in [0.1, 0.15) is 20.9 Å². The van der Waals surface area contributed by atoms with E-state index in [-0.39, 0.29) is 49.3 Å². The minimum atomic E-state index is -0.917. The minimum Gasteiger partial charge on any atom is -0.493 e. The molecule has 178 valence electrons. The van der Waals surface area contributed by atoms with Crippen LogP contribution in [0.2, 0.25) is 15.1 Å². The van der Waals surface area contributed by atoms with Gasteiger partial charge in [-0.25, -0.2) is 4.79 Å². The molecule has 34 heavy (non-hydrogen) atoms. The number of furan rings is 1. The molecule has 0 aliphatic carbocycles. The Morgan fingerprint density at radius 3 is 2.18 bits per heavy atom. The molecule has 0 atom stereocenters. The maximum Gasteiger partial charge on any atom is 0.340 e. The Morgan fingerprint density at radius 2 is 1.59 bits per heavy atom. The summed E-state index contributed by atoms with van der Waals surface area (Å²) in [5.74, 6) is -1.77. The van der Waals surface area contributed by atoms with E-state index in [1.165, 1.54) is 56.9 Å². The van der Waals surface area contributed by atoms with E-state index < -0.39 is 24.4 Å². The van der Waals surface area contributed by atoms with Gasteiger partial charge >= 0.3 is 5.97 Å². The molecule has 0 bridgehead atoms. The molecule has 0 saturated carbocycles. The summed E-state index contributed by atoms with van der Waals surface area (Å²) in [6.07, 6.45) is 1.33. The molecule has 0 fully saturated rings. The van der Waals surface area contributed by atoms with Crippen molar-refractivity contribution in [3.8, 4) is 11.5 Å². The number of anilines is 2. The van der Waals surface area contributed by atoms with E-state index in [4.69, 9.17) is 53.4 Å². The zero-order chi connectivity index (χ0) is 24.8. The number of hydrogen-bond donors (Lipinski definition) is 2. The fraction of sp³-hybridized carbons (Fsp3) is 0.136. The van der Waals surface area contributed by atoms with Crippen LogP contribution in [0, 0.1) is 0 Å². The lowest BCUT2D eigenvalue weighted by molar-refractivity contribution is -0.119. The van der Waals surface area contributed by atoms with Crippen molar-refractivity contribution in [2.45, 2.75) is 0 Å². The lowest BCUT2D eigenvalue weighted by atomic mass is 10.1. The Labute approximate surface area is 208 Å². The van der Waals surface area contributed by atoms with Crippen molar-refractivity contribution in [2.75, 3.05) is 31.5 Å². The summed E-state index contributed by atoms with van der Waals surface area (Å²) in [6.45, 7) is -0.673. The third-order valence-electron chi connectivity index (χ3n) is 4.34. The van der Waals surface area contributed by atoms with Crippen molar-refractivity contribution in [3.05, 3.63) is 69.1 Å². The van der Waals surface area contributed by atoms with Crippen LogP contribution >= 0.6 is 34.8 Å². The van der Waals surface area contributed by atoms with Crippen LogP contribution in [0.25, 0.3) is 0 Å². The molecule has 3 rings (SSSR count). The molecule has 0 saturated heterocycles. The monoisotopic (exact) mass is 526 g/mol. The molecular weight excluding hydrogens is 511 g/mol. The van der Waals surface area contributed by atoms with E-state index in [1.54, 1.807) is 0 Å². The van der Waals surface area contributed by atoms with E-state index in [0.717, 1.165) is 0 Å². The summed E-state index contributed by atoms with van der Waals surface area (Å²) >= 11 is 17.9. The lowest BCUT2D eigenvalue weighted by Gasteiger charge is -2.15. The zero-order valence-electron chi connectivity index (χ0n) is 17.7. The van der Waals surface area contributed by atoms with Gasteiger partial charge in [-0.3, -0.25) is 9.59 Å². The van der Waals surface area contributed by atoms with Crippen LogP contribution < -0.4 is 20.1 Å². The number of benzene rings is 2. The number of nitrogens with one attached hydrogen (secondary N) is 2. The molecule has 3 aromatic rings. The van der Waals surface area contributed by atoms with Gasteiger partial charge in [0, 0.05) is 17.2 Å². The summed E-state index contributed by atoms with van der Waals surface area (Å²) in [4.78, 5) is 37.5. The Balaban J connectivity index is 1.78. The molecule has 0 radical (unpaired) electrons. The number of esters is 1. The number of carbonyl (C=O) groups is 3. The summed E-state index contributed by atoms with van der Waals surface area (Å²) in [5.41, 5.74) is 0.0764. The molecular formula is C22H17Cl3N2O7. The Kier molecular flexibility index (Phi) is 8.27. The normalized spacial score (nSPS) is 10.4. The van der Waals surface area contributed by atoms with Gasteiger partial charge in [-0.2, -0.15) is 0 Å². The Bertz CT molecular complexity index is 1210. The summed E-state index contributed by atoms with van der Waals surface area (Å²) in [5, 5.41) is 5.51. The predicted molar refractivity (Wildman–Crippen MR) is 127 cm³/mol. The van der Waals surface area contributed by atoms with Crippen molar-refractivity contribution in [1.29, 1.82) is 0 Å². The second-order valence-electron chi connectivity index (χ2n) is 6.55. The highest BCUT2D eigenvalue weighted by atomic mass is 35.5. The highest BCUT2D eigenvalue weighted by molar-refractivity contribution is 6.42. The zero-order valence-corrected chi connectivity index (χ0v) is 20.0. The molecule has 12 heteroatoms. The maximum atomic E-state index is 12.8. The van der Waals surface area contributed by atoms with Crippen molar-refractivity contribution in [3.63, 3.8) is 0 Å². The van der Waals surface area contributed by atoms with Gasteiger partial charge in [0.25, 0.3) is 11.8 Å². The molecule has 0 aliphatic rings. The SMILES string of the molecule is COc1cc(NC(=O)c2ccco2)c(C(=O)OCC(=O)Nc2c(Cl)cc(Cl)cc2Cl)cc1OC. The molecule has 0 spiro atoms. The predicted octanol–water partition coefficient (Wildman–Crippen LogP) is 5.30. The smallest absolute Gasteiger partial charge is 0.340 e. The number of halogens is 3. The van der Waals surface area contributed by atoms with Gasteiger partial charge < -0.3 is 29.3 Å². The largest absolute Gasteiger partial charge is 0.493 e. The van der Waals surface area contributed by atoms with E-state index in [9.17, 15) is 14.4 Å². The summed E-state index contributed by atoms with van der Waals surface area (Å²) in [6, 6.07) is 8.47. The second-order valence-corrected chi connectivity index (χ2v) is 7.80. The fourth-order valence-electron chi connectivity index (χ4n) is 2.79. The van der Waals surface area contributed by atoms with E-state index in [1.807, 2.05) is 0 Å². The lowest BCUT2D eigenvalue weighted by Crippen LogP contribution is -2.22. The Morgan fingerprint density at radius 1 is 0.941 bits per heavy atom. The molecule has 2 N–H and O–H groups in total. The first kappa shape index (κ1) is 25.2. The first-order valence-corrected chi connectivity index (χ1v) is 10.6. The fourth-order valence-corrected chi connectivity index (χ4v) is 3.70.